The molecule has 16 heavy (non-hydrogen) atoms. The van der Waals surface area contributed by atoms with E-state index >= 15 is 0 Å². The number of amides is 1. The highest BCUT2D eigenvalue weighted by Crippen LogP contribution is 2.09. The molecule has 0 fully saturated rings. The van der Waals surface area contributed by atoms with Crippen molar-refractivity contribution in [1.82, 2.24) is 5.43 Å². The Hall–Kier alpha value is -1.35. The minimum absolute atomic E-state index is 0.216. The van der Waals surface area contributed by atoms with Crippen molar-refractivity contribution in [2.24, 2.45) is 5.10 Å². The quantitative estimate of drug-likeness (QED) is 0.635. The van der Waals surface area contributed by atoms with Gasteiger partial charge >= 0.3 is 0 Å². The smallest absolute Gasteiger partial charge is 0.267 e. The predicted molar refractivity (Wildman–Crippen MR) is 66.9 cm³/mol. The zero-order chi connectivity index (χ0) is 12.0. The van der Waals surface area contributed by atoms with Gasteiger partial charge < -0.3 is 0 Å². The summed E-state index contributed by atoms with van der Waals surface area (Å²) in [6.45, 7) is 3.96. The van der Waals surface area contributed by atoms with Gasteiger partial charge in [0.15, 0.2) is 0 Å². The molecule has 86 valence electrons. The number of benzene rings is 1. The third-order valence-corrected chi connectivity index (χ3v) is 2.32. The Morgan fingerprint density at radius 1 is 1.38 bits per heavy atom. The number of carbonyl (C=O) groups is 1. The van der Waals surface area contributed by atoms with Crippen LogP contribution in [0.1, 0.15) is 37.0 Å². The molecule has 0 aliphatic rings. The van der Waals surface area contributed by atoms with Crippen LogP contribution in [0.4, 0.5) is 0 Å². The van der Waals surface area contributed by atoms with E-state index in [2.05, 4.69) is 17.5 Å². The Morgan fingerprint density at radius 2 is 2.00 bits per heavy atom. The highest BCUT2D eigenvalue weighted by molar-refractivity contribution is 6.30. The summed E-state index contributed by atoms with van der Waals surface area (Å²) in [6, 6.07) is 6.70. The largest absolute Gasteiger partial charge is 0.271 e. The van der Waals surface area contributed by atoms with Crippen LogP contribution in [0, 0.1) is 0 Å². The van der Waals surface area contributed by atoms with Gasteiger partial charge in [0.1, 0.15) is 0 Å². The Kier molecular flexibility index (Phi) is 4.99. The lowest BCUT2D eigenvalue weighted by Gasteiger charge is -2.01. The van der Waals surface area contributed by atoms with Gasteiger partial charge in [0.2, 0.25) is 0 Å². The zero-order valence-electron chi connectivity index (χ0n) is 9.46. The Morgan fingerprint density at radius 3 is 2.56 bits per heavy atom. The molecule has 0 spiro atoms. The number of rotatable bonds is 4. The van der Waals surface area contributed by atoms with E-state index in [-0.39, 0.29) is 5.91 Å². The summed E-state index contributed by atoms with van der Waals surface area (Å²) in [5.41, 5.74) is 3.98. The van der Waals surface area contributed by atoms with Crippen LogP contribution in [-0.4, -0.2) is 11.6 Å². The molecule has 0 saturated carbocycles. The lowest BCUT2D eigenvalue weighted by molar-refractivity contribution is 0.0954. The average Bonchev–Trinajstić information content (AvgIpc) is 2.27. The average molecular weight is 239 g/mol. The van der Waals surface area contributed by atoms with Gasteiger partial charge in [-0.05, 0) is 37.6 Å². The minimum atomic E-state index is -0.216. The number of hydrogen-bond acceptors (Lipinski definition) is 2. The van der Waals surface area contributed by atoms with Crippen molar-refractivity contribution < 1.29 is 4.79 Å². The molecular weight excluding hydrogens is 224 g/mol. The first-order valence-electron chi connectivity index (χ1n) is 5.22. The Bertz CT molecular complexity index is 385. The van der Waals surface area contributed by atoms with Gasteiger partial charge in [-0.3, -0.25) is 4.79 Å². The van der Waals surface area contributed by atoms with E-state index in [0.717, 1.165) is 18.6 Å². The molecule has 0 aliphatic carbocycles. The summed E-state index contributed by atoms with van der Waals surface area (Å²) >= 11 is 5.73. The van der Waals surface area contributed by atoms with Crippen LogP contribution in [0.5, 0.6) is 0 Å². The highest BCUT2D eigenvalue weighted by Gasteiger charge is 2.03. The monoisotopic (exact) mass is 238 g/mol. The molecule has 0 unspecified atom stereocenters. The molecule has 0 saturated heterocycles. The Balaban J connectivity index is 2.59. The molecule has 0 atom stereocenters. The van der Waals surface area contributed by atoms with E-state index in [0.29, 0.717) is 10.6 Å². The first-order chi connectivity index (χ1) is 7.63. The maximum Gasteiger partial charge on any atom is 0.271 e. The molecule has 1 N–H and O–H groups in total. The van der Waals surface area contributed by atoms with Crippen molar-refractivity contribution in [3.05, 3.63) is 34.9 Å². The van der Waals surface area contributed by atoms with Crippen molar-refractivity contribution in [2.45, 2.75) is 26.7 Å². The summed E-state index contributed by atoms with van der Waals surface area (Å²) in [5, 5.41) is 4.61. The number of hydrogen-bond donors (Lipinski definition) is 1. The molecule has 1 amide bonds. The van der Waals surface area contributed by atoms with Gasteiger partial charge in [-0.15, -0.1) is 0 Å². The van der Waals surface area contributed by atoms with Crippen molar-refractivity contribution in [1.29, 1.82) is 0 Å². The lowest BCUT2D eigenvalue weighted by atomic mass is 10.2. The van der Waals surface area contributed by atoms with Gasteiger partial charge in [-0.1, -0.05) is 24.9 Å². The second-order valence-corrected chi connectivity index (χ2v) is 3.98. The first kappa shape index (κ1) is 12.7. The molecule has 0 heterocycles. The molecule has 4 heteroatoms. The fourth-order valence-electron chi connectivity index (χ4n) is 1.23. The maximum absolute atomic E-state index is 11.6. The summed E-state index contributed by atoms with van der Waals surface area (Å²) in [5.74, 6) is -0.216. The van der Waals surface area contributed by atoms with Crippen LogP contribution in [0.3, 0.4) is 0 Å². The van der Waals surface area contributed by atoms with Crippen LogP contribution in [0.2, 0.25) is 5.02 Å². The van der Waals surface area contributed by atoms with E-state index in [1.54, 1.807) is 24.3 Å². The van der Waals surface area contributed by atoms with E-state index in [4.69, 9.17) is 11.6 Å². The molecule has 3 nitrogen and oxygen atoms in total. The summed E-state index contributed by atoms with van der Waals surface area (Å²) in [4.78, 5) is 11.6. The molecule has 0 bridgehead atoms. The first-order valence-corrected chi connectivity index (χ1v) is 5.60. The number of hydrazone groups is 1. The molecule has 1 aromatic carbocycles. The van der Waals surface area contributed by atoms with Crippen molar-refractivity contribution in [2.75, 3.05) is 0 Å². The lowest BCUT2D eigenvalue weighted by Crippen LogP contribution is -2.18. The topological polar surface area (TPSA) is 41.5 Å². The van der Waals surface area contributed by atoms with Crippen LogP contribution in [0.15, 0.2) is 29.4 Å². The second kappa shape index (κ2) is 6.28. The number of halogens is 1. The van der Waals surface area contributed by atoms with E-state index in [1.165, 1.54) is 0 Å². The van der Waals surface area contributed by atoms with Gasteiger partial charge in [0, 0.05) is 16.3 Å². The molecule has 0 aliphatic heterocycles. The summed E-state index contributed by atoms with van der Waals surface area (Å²) < 4.78 is 0. The number of nitrogens with one attached hydrogen (secondary N) is 1. The van der Waals surface area contributed by atoms with E-state index in [9.17, 15) is 4.79 Å². The Labute approximate surface area is 101 Å². The van der Waals surface area contributed by atoms with Crippen LogP contribution in [0.25, 0.3) is 0 Å². The van der Waals surface area contributed by atoms with Crippen molar-refractivity contribution >= 4 is 23.2 Å². The fourth-order valence-corrected chi connectivity index (χ4v) is 1.36. The van der Waals surface area contributed by atoms with Crippen molar-refractivity contribution in [3.63, 3.8) is 0 Å². The number of nitrogens with zero attached hydrogens (tertiary/aromatic N) is 1. The third kappa shape index (κ3) is 4.03. The van der Waals surface area contributed by atoms with E-state index < -0.39 is 0 Å². The van der Waals surface area contributed by atoms with Crippen molar-refractivity contribution in [3.8, 4) is 0 Å². The predicted octanol–water partition coefficient (Wildman–Crippen LogP) is 3.25. The maximum atomic E-state index is 11.6. The summed E-state index contributed by atoms with van der Waals surface area (Å²) in [7, 11) is 0. The molecule has 0 aromatic heterocycles. The number of carbonyl (C=O) groups excluding carboxylic acids is 1. The normalized spacial score (nSPS) is 11.3. The van der Waals surface area contributed by atoms with Crippen LogP contribution < -0.4 is 5.43 Å². The van der Waals surface area contributed by atoms with Crippen LogP contribution >= 0.6 is 11.6 Å². The third-order valence-electron chi connectivity index (χ3n) is 2.07. The highest BCUT2D eigenvalue weighted by atomic mass is 35.5. The second-order valence-electron chi connectivity index (χ2n) is 3.54. The molecule has 0 radical (unpaired) electrons. The minimum Gasteiger partial charge on any atom is -0.267 e. The van der Waals surface area contributed by atoms with Gasteiger partial charge in [-0.2, -0.15) is 5.10 Å². The molecule has 1 aromatic rings. The van der Waals surface area contributed by atoms with Gasteiger partial charge in [-0.25, -0.2) is 5.43 Å². The van der Waals surface area contributed by atoms with Crippen LogP contribution in [-0.2, 0) is 0 Å². The zero-order valence-corrected chi connectivity index (χ0v) is 10.2. The fraction of sp³-hybridized carbons (Fsp3) is 0.333. The standard InChI is InChI=1S/C12H15ClN2O/c1-3-4-9(2)14-15-12(16)10-5-7-11(13)8-6-10/h5-8H,3-4H2,1-2H3,(H,15,16)/b14-9+. The molecule has 1 rings (SSSR count). The summed E-state index contributed by atoms with van der Waals surface area (Å²) in [6.07, 6.45) is 1.91. The van der Waals surface area contributed by atoms with Gasteiger partial charge in [0.25, 0.3) is 5.91 Å². The molecular formula is C12H15ClN2O. The van der Waals surface area contributed by atoms with Gasteiger partial charge in [0.05, 0.1) is 0 Å². The van der Waals surface area contributed by atoms with E-state index in [1.807, 2.05) is 6.92 Å². The SMILES string of the molecule is CCC/C(C)=N/NC(=O)c1ccc(Cl)cc1.